The molecule has 0 radical (unpaired) electrons. The van der Waals surface area contributed by atoms with Crippen LogP contribution in [0.1, 0.15) is 5.56 Å². The van der Waals surface area contributed by atoms with E-state index in [9.17, 15) is 24.8 Å². The van der Waals surface area contributed by atoms with E-state index in [1.165, 1.54) is 25.3 Å². The summed E-state index contributed by atoms with van der Waals surface area (Å²) in [6.07, 6.45) is 0.192. The van der Waals surface area contributed by atoms with Crippen molar-refractivity contribution in [2.45, 2.75) is 6.42 Å². The highest BCUT2D eigenvalue weighted by Gasteiger charge is 2.21. The van der Waals surface area contributed by atoms with Crippen LogP contribution in [0.15, 0.2) is 48.5 Å². The summed E-state index contributed by atoms with van der Waals surface area (Å²) in [4.78, 5) is 34.0. The van der Waals surface area contributed by atoms with Gasteiger partial charge in [0.15, 0.2) is 0 Å². The van der Waals surface area contributed by atoms with Gasteiger partial charge in [0.05, 0.1) is 24.5 Å². The second-order valence-electron chi connectivity index (χ2n) is 5.98. The van der Waals surface area contributed by atoms with E-state index in [0.29, 0.717) is 5.75 Å². The normalized spacial score (nSPS) is 11.3. The zero-order chi connectivity index (χ0) is 20.5. The Morgan fingerprint density at radius 1 is 1.18 bits per heavy atom. The number of carbonyl (C=O) groups excluding carboxylic acids is 1. The Bertz CT molecular complexity index is 855. The largest absolute Gasteiger partial charge is 0.496 e. The molecule has 2 aromatic rings. The second-order valence-corrected chi connectivity index (χ2v) is 5.98. The van der Waals surface area contributed by atoms with Gasteiger partial charge in [-0.2, -0.15) is 0 Å². The van der Waals surface area contributed by atoms with Crippen molar-refractivity contribution >= 4 is 23.3 Å². The lowest BCUT2D eigenvalue weighted by Crippen LogP contribution is -2.37. The predicted octanol–water partition coefficient (Wildman–Crippen LogP) is 2.07. The van der Waals surface area contributed by atoms with Crippen molar-refractivity contribution in [3.8, 4) is 5.75 Å². The first-order chi connectivity index (χ1) is 13.4. The van der Waals surface area contributed by atoms with Crippen LogP contribution in [0.4, 0.5) is 11.4 Å². The van der Waals surface area contributed by atoms with Crippen molar-refractivity contribution in [3.63, 3.8) is 0 Å². The molecule has 0 spiro atoms. The first kappa shape index (κ1) is 20.7. The summed E-state index contributed by atoms with van der Waals surface area (Å²) in [7, 11) is 1.50. The van der Waals surface area contributed by atoms with E-state index in [2.05, 4.69) is 10.6 Å². The maximum absolute atomic E-state index is 12.0. The molecule has 28 heavy (non-hydrogen) atoms. The van der Waals surface area contributed by atoms with Crippen LogP contribution in [0.25, 0.3) is 0 Å². The minimum atomic E-state index is -1.04. The maximum Gasteiger partial charge on any atom is 0.308 e. The van der Waals surface area contributed by atoms with Crippen LogP contribution in [-0.4, -0.2) is 42.1 Å². The number of nitro benzene ring substituents is 1. The Labute approximate surface area is 161 Å². The van der Waals surface area contributed by atoms with Gasteiger partial charge in [0.1, 0.15) is 11.4 Å². The zero-order valence-electron chi connectivity index (χ0n) is 15.3. The Morgan fingerprint density at radius 3 is 2.54 bits per heavy atom. The van der Waals surface area contributed by atoms with Crippen LogP contribution < -0.4 is 15.4 Å². The number of carbonyl (C=O) groups is 2. The van der Waals surface area contributed by atoms with E-state index in [0.717, 1.165) is 5.56 Å². The number of anilines is 1. The molecule has 3 N–H and O–H groups in total. The number of carboxylic acids is 1. The van der Waals surface area contributed by atoms with E-state index in [1.807, 2.05) is 0 Å². The summed E-state index contributed by atoms with van der Waals surface area (Å²) in [5.74, 6) is -1.77. The molecule has 0 heterocycles. The summed E-state index contributed by atoms with van der Waals surface area (Å²) in [5, 5.41) is 25.6. The number of ether oxygens (including phenoxy) is 1. The number of para-hydroxylation sites is 3. The monoisotopic (exact) mass is 387 g/mol. The Balaban J connectivity index is 1.92. The van der Waals surface area contributed by atoms with Crippen molar-refractivity contribution in [1.82, 2.24) is 5.32 Å². The van der Waals surface area contributed by atoms with Crippen molar-refractivity contribution in [1.29, 1.82) is 0 Å². The van der Waals surface area contributed by atoms with Crippen LogP contribution >= 0.6 is 0 Å². The SMILES string of the molecule is COc1ccccc1CC(CNC(=O)CNc1ccccc1[N+](=O)[O-])C(=O)O. The van der Waals surface area contributed by atoms with Crippen LogP contribution in [-0.2, 0) is 16.0 Å². The van der Waals surface area contributed by atoms with E-state index < -0.39 is 22.7 Å². The number of hydrogen-bond donors (Lipinski definition) is 3. The highest BCUT2D eigenvalue weighted by atomic mass is 16.6. The average Bonchev–Trinajstić information content (AvgIpc) is 2.69. The molecule has 0 saturated carbocycles. The second kappa shape index (κ2) is 9.91. The molecule has 2 rings (SSSR count). The van der Waals surface area contributed by atoms with Gasteiger partial charge in [0, 0.05) is 12.6 Å². The number of rotatable bonds is 10. The first-order valence-corrected chi connectivity index (χ1v) is 8.51. The third kappa shape index (κ3) is 5.70. The lowest BCUT2D eigenvalue weighted by atomic mass is 9.98. The predicted molar refractivity (Wildman–Crippen MR) is 102 cm³/mol. The van der Waals surface area contributed by atoms with E-state index in [1.54, 1.807) is 30.3 Å². The van der Waals surface area contributed by atoms with Crippen molar-refractivity contribution in [3.05, 3.63) is 64.2 Å². The lowest BCUT2D eigenvalue weighted by Gasteiger charge is -2.16. The molecule has 2 aromatic carbocycles. The number of benzene rings is 2. The fourth-order valence-electron chi connectivity index (χ4n) is 2.64. The van der Waals surface area contributed by atoms with E-state index in [-0.39, 0.29) is 30.9 Å². The van der Waals surface area contributed by atoms with Gasteiger partial charge in [0.25, 0.3) is 5.69 Å². The van der Waals surface area contributed by atoms with Gasteiger partial charge in [-0.15, -0.1) is 0 Å². The minimum Gasteiger partial charge on any atom is -0.496 e. The average molecular weight is 387 g/mol. The number of carboxylic acid groups (broad SMARTS) is 1. The molecule has 0 aliphatic rings. The Kier molecular flexibility index (Phi) is 7.32. The van der Waals surface area contributed by atoms with Gasteiger partial charge in [-0.1, -0.05) is 30.3 Å². The molecule has 0 aliphatic carbocycles. The smallest absolute Gasteiger partial charge is 0.308 e. The summed E-state index contributed by atoms with van der Waals surface area (Å²) in [5.41, 5.74) is 0.797. The zero-order valence-corrected chi connectivity index (χ0v) is 15.3. The molecule has 148 valence electrons. The van der Waals surface area contributed by atoms with Crippen molar-refractivity contribution in [2.24, 2.45) is 5.92 Å². The van der Waals surface area contributed by atoms with Gasteiger partial charge in [-0.25, -0.2) is 0 Å². The number of nitro groups is 1. The van der Waals surface area contributed by atoms with Gasteiger partial charge in [0.2, 0.25) is 5.91 Å². The maximum atomic E-state index is 12.0. The van der Waals surface area contributed by atoms with E-state index in [4.69, 9.17) is 4.74 Å². The third-order valence-corrected chi connectivity index (χ3v) is 4.09. The molecule has 0 aromatic heterocycles. The van der Waals surface area contributed by atoms with Gasteiger partial charge in [-0.3, -0.25) is 19.7 Å². The van der Waals surface area contributed by atoms with E-state index >= 15 is 0 Å². The molecule has 0 aliphatic heterocycles. The van der Waals surface area contributed by atoms with Gasteiger partial charge >= 0.3 is 5.97 Å². The highest BCUT2D eigenvalue weighted by Crippen LogP contribution is 2.23. The third-order valence-electron chi connectivity index (χ3n) is 4.09. The fourth-order valence-corrected chi connectivity index (χ4v) is 2.64. The quantitative estimate of drug-likeness (QED) is 0.420. The Hall–Kier alpha value is -3.62. The number of aliphatic carboxylic acids is 1. The number of amides is 1. The standard InChI is InChI=1S/C19H21N3O6/c1-28-17-9-5-2-6-13(17)10-14(19(24)25)11-21-18(23)12-20-15-7-3-4-8-16(15)22(26)27/h2-9,14,20H,10-12H2,1H3,(H,21,23)(H,24,25). The molecule has 0 bridgehead atoms. The number of methoxy groups -OCH3 is 1. The highest BCUT2D eigenvalue weighted by molar-refractivity contribution is 5.82. The molecule has 1 amide bonds. The minimum absolute atomic E-state index is 0.0786. The summed E-state index contributed by atoms with van der Waals surface area (Å²) < 4.78 is 5.22. The molecule has 0 fully saturated rings. The van der Waals surface area contributed by atoms with Crippen LogP contribution in [0.3, 0.4) is 0 Å². The van der Waals surface area contributed by atoms with Crippen LogP contribution in [0.2, 0.25) is 0 Å². The molecular formula is C19H21N3O6. The number of nitrogens with zero attached hydrogens (tertiary/aromatic N) is 1. The van der Waals surface area contributed by atoms with Crippen LogP contribution in [0.5, 0.6) is 5.75 Å². The molecular weight excluding hydrogens is 366 g/mol. The summed E-state index contributed by atoms with van der Waals surface area (Å²) in [6.45, 7) is -0.295. The molecule has 9 nitrogen and oxygen atoms in total. The number of nitrogens with one attached hydrogen (secondary N) is 2. The van der Waals surface area contributed by atoms with Gasteiger partial charge < -0.3 is 20.5 Å². The molecule has 9 heteroatoms. The Morgan fingerprint density at radius 2 is 1.86 bits per heavy atom. The summed E-state index contributed by atoms with van der Waals surface area (Å²) in [6, 6.07) is 13.0. The first-order valence-electron chi connectivity index (χ1n) is 8.51. The van der Waals surface area contributed by atoms with Gasteiger partial charge in [-0.05, 0) is 24.1 Å². The lowest BCUT2D eigenvalue weighted by molar-refractivity contribution is -0.383. The molecule has 1 unspecified atom stereocenters. The van der Waals surface area contributed by atoms with Crippen LogP contribution in [0, 0.1) is 16.0 Å². The summed E-state index contributed by atoms with van der Waals surface area (Å²) >= 11 is 0. The van der Waals surface area contributed by atoms with Crippen molar-refractivity contribution in [2.75, 3.05) is 25.5 Å². The fraction of sp³-hybridized carbons (Fsp3) is 0.263. The topological polar surface area (TPSA) is 131 Å². The molecule has 1 atom stereocenters. The number of hydrogen-bond acceptors (Lipinski definition) is 6. The molecule has 0 saturated heterocycles. The van der Waals surface area contributed by atoms with Crippen molar-refractivity contribution < 1.29 is 24.4 Å².